The number of nitrogens with zero attached hydrogens (tertiary/aromatic N) is 3. The average Bonchev–Trinajstić information content (AvgIpc) is 3.40. The second-order valence-electron chi connectivity index (χ2n) is 13.3. The van der Waals surface area contributed by atoms with Crippen LogP contribution in [0.25, 0.3) is 5.65 Å². The zero-order valence-electron chi connectivity index (χ0n) is 24.1. The normalized spacial score (nSPS) is 13.8. The molecule has 0 amide bonds. The number of hydrogen-bond acceptors (Lipinski definition) is 3. The first-order chi connectivity index (χ1) is 17.3. The molecule has 0 saturated heterocycles. The van der Waals surface area contributed by atoms with E-state index in [-0.39, 0.29) is 22.2 Å². The third kappa shape index (κ3) is 6.08. The fourth-order valence-corrected chi connectivity index (χ4v) is 5.66. The van der Waals surface area contributed by atoms with Crippen molar-refractivity contribution in [3.63, 3.8) is 0 Å². The third-order valence-electron chi connectivity index (χ3n) is 7.28. The predicted octanol–water partition coefficient (Wildman–Crippen LogP) is 7.84. The number of hydrogen-bond donors (Lipinski definition) is 1. The Morgan fingerprint density at radius 3 is 2.22 bits per heavy atom. The van der Waals surface area contributed by atoms with Crippen molar-refractivity contribution in [3.8, 4) is 5.75 Å². The molecule has 5 nitrogen and oxygen atoms in total. The van der Waals surface area contributed by atoms with E-state index in [1.54, 1.807) is 7.11 Å². The van der Waals surface area contributed by atoms with Crippen molar-refractivity contribution in [1.29, 1.82) is 0 Å². The number of aromatic nitrogens is 4. The number of aromatic amines is 1. The van der Waals surface area contributed by atoms with Crippen LogP contribution in [0.15, 0.2) is 54.6 Å². The van der Waals surface area contributed by atoms with E-state index >= 15 is 0 Å². The van der Waals surface area contributed by atoms with Gasteiger partial charge in [0.2, 0.25) is 0 Å². The van der Waals surface area contributed by atoms with Crippen molar-refractivity contribution < 1.29 is 4.74 Å². The van der Waals surface area contributed by atoms with E-state index in [1.807, 2.05) is 0 Å². The summed E-state index contributed by atoms with van der Waals surface area (Å²) in [6, 6.07) is 19.5. The van der Waals surface area contributed by atoms with Gasteiger partial charge in [0.05, 0.1) is 7.11 Å². The third-order valence-corrected chi connectivity index (χ3v) is 7.28. The fraction of sp³-hybridized carbons (Fsp3) is 0.500. The number of rotatable bonds is 8. The van der Waals surface area contributed by atoms with Gasteiger partial charge in [0.25, 0.3) is 0 Å². The van der Waals surface area contributed by atoms with Gasteiger partial charge in [-0.1, -0.05) is 97.9 Å². The van der Waals surface area contributed by atoms with Crippen LogP contribution in [0.2, 0.25) is 0 Å². The summed E-state index contributed by atoms with van der Waals surface area (Å²) in [5.74, 6) is 1.99. The summed E-state index contributed by atoms with van der Waals surface area (Å²) < 4.78 is 7.88. The summed E-state index contributed by atoms with van der Waals surface area (Å²) in [7, 11) is 1.77. The van der Waals surface area contributed by atoms with Crippen molar-refractivity contribution >= 4 is 5.65 Å². The van der Waals surface area contributed by atoms with Gasteiger partial charge < -0.3 is 4.74 Å². The maximum absolute atomic E-state index is 5.81. The van der Waals surface area contributed by atoms with Gasteiger partial charge in [0, 0.05) is 23.1 Å². The van der Waals surface area contributed by atoms with Crippen molar-refractivity contribution in [1.82, 2.24) is 19.8 Å². The summed E-state index contributed by atoms with van der Waals surface area (Å²) in [5.41, 5.74) is 6.20. The minimum atomic E-state index is 0.00781. The number of H-pyrrole nitrogens is 1. The van der Waals surface area contributed by atoms with Gasteiger partial charge in [-0.05, 0) is 52.8 Å². The van der Waals surface area contributed by atoms with Gasteiger partial charge in [-0.25, -0.2) is 4.52 Å². The van der Waals surface area contributed by atoms with Crippen LogP contribution in [0.5, 0.6) is 5.75 Å². The first kappa shape index (κ1) is 27.0. The molecule has 0 aliphatic carbocycles. The number of fused-ring (bicyclic) bond motifs is 1. The lowest BCUT2D eigenvalue weighted by Gasteiger charge is -2.33. The minimum Gasteiger partial charge on any atom is -0.496 e. The highest BCUT2D eigenvalue weighted by atomic mass is 16.5. The fourth-order valence-electron chi connectivity index (χ4n) is 5.66. The molecule has 5 heteroatoms. The smallest absolute Gasteiger partial charge is 0.177 e. The van der Waals surface area contributed by atoms with Crippen LogP contribution < -0.4 is 4.74 Å². The molecule has 2 aromatic heterocycles. The second kappa shape index (κ2) is 10.00. The Kier molecular flexibility index (Phi) is 7.29. The van der Waals surface area contributed by atoms with E-state index < -0.39 is 0 Å². The molecule has 0 radical (unpaired) electrons. The molecule has 1 N–H and O–H groups in total. The quantitative estimate of drug-likeness (QED) is 0.268. The molecule has 0 aliphatic heterocycles. The van der Waals surface area contributed by atoms with Gasteiger partial charge in [-0.3, -0.25) is 5.10 Å². The molecule has 0 aliphatic rings. The van der Waals surface area contributed by atoms with Crippen LogP contribution in [0.1, 0.15) is 102 Å². The highest BCUT2D eigenvalue weighted by molar-refractivity contribution is 5.43. The van der Waals surface area contributed by atoms with E-state index in [9.17, 15) is 0 Å². The molecule has 2 heterocycles. The summed E-state index contributed by atoms with van der Waals surface area (Å²) in [5, 5.41) is 12.8. The summed E-state index contributed by atoms with van der Waals surface area (Å²) in [4.78, 5) is 0. The van der Waals surface area contributed by atoms with E-state index in [0.29, 0.717) is 0 Å². The lowest BCUT2D eigenvalue weighted by Crippen LogP contribution is -2.25. The van der Waals surface area contributed by atoms with Gasteiger partial charge in [-0.2, -0.15) is 0 Å². The Balaban J connectivity index is 1.70. The molecule has 1 atom stereocenters. The summed E-state index contributed by atoms with van der Waals surface area (Å²) in [6.07, 6.45) is 2.89. The van der Waals surface area contributed by atoms with Gasteiger partial charge >= 0.3 is 0 Å². The Morgan fingerprint density at radius 2 is 1.59 bits per heavy atom. The molecule has 2 aromatic carbocycles. The lowest BCUT2D eigenvalue weighted by molar-refractivity contribution is 0.284. The highest BCUT2D eigenvalue weighted by Gasteiger charge is 2.29. The average molecular weight is 501 g/mol. The van der Waals surface area contributed by atoms with Gasteiger partial charge in [-0.15, -0.1) is 10.2 Å². The number of aryl methyl sites for hydroxylation is 1. The Labute approximate surface area is 222 Å². The van der Waals surface area contributed by atoms with Crippen molar-refractivity contribution in [3.05, 3.63) is 82.8 Å². The SMILES string of the molecule is COc1ccc(C(C)(C)CC(C)(C)C)cc1CCC(c1ccccc1)c1nnc2cc(C(C)(C)C)[nH]n12. The molecule has 1 unspecified atom stereocenters. The molecule has 4 rings (SSSR count). The van der Waals surface area contributed by atoms with Crippen molar-refractivity contribution in [2.75, 3.05) is 7.11 Å². The lowest BCUT2D eigenvalue weighted by atomic mass is 9.72. The van der Waals surface area contributed by atoms with Gasteiger partial charge in [0.15, 0.2) is 11.5 Å². The van der Waals surface area contributed by atoms with Crippen LogP contribution >= 0.6 is 0 Å². The molecule has 37 heavy (non-hydrogen) atoms. The Bertz CT molecular complexity index is 1330. The van der Waals surface area contributed by atoms with Crippen molar-refractivity contribution in [2.45, 2.75) is 91.4 Å². The topological polar surface area (TPSA) is 55.2 Å². The van der Waals surface area contributed by atoms with E-state index in [0.717, 1.165) is 42.2 Å². The molecule has 0 bridgehead atoms. The van der Waals surface area contributed by atoms with Gasteiger partial charge in [0.1, 0.15) is 5.75 Å². The zero-order valence-corrected chi connectivity index (χ0v) is 24.1. The predicted molar refractivity (Wildman–Crippen MR) is 153 cm³/mol. The Hall–Kier alpha value is -3.08. The Morgan fingerprint density at radius 1 is 0.892 bits per heavy atom. The first-order valence-electron chi connectivity index (χ1n) is 13.5. The molecule has 0 spiro atoms. The number of methoxy groups -OCH3 is 1. The van der Waals surface area contributed by atoms with Crippen molar-refractivity contribution in [2.24, 2.45) is 5.41 Å². The first-order valence-corrected chi connectivity index (χ1v) is 13.5. The van der Waals surface area contributed by atoms with E-state index in [1.165, 1.54) is 16.7 Å². The molecular formula is C32H44N4O. The zero-order chi connectivity index (χ0) is 27.0. The largest absolute Gasteiger partial charge is 0.496 e. The van der Waals surface area contributed by atoms with Crippen LogP contribution in [0.3, 0.4) is 0 Å². The summed E-state index contributed by atoms with van der Waals surface area (Å²) >= 11 is 0. The molecular weight excluding hydrogens is 456 g/mol. The second-order valence-corrected chi connectivity index (χ2v) is 13.3. The van der Waals surface area contributed by atoms with E-state index in [2.05, 4.69) is 130 Å². The molecule has 198 valence electrons. The molecule has 4 aromatic rings. The van der Waals surface area contributed by atoms with Crippen LogP contribution in [-0.2, 0) is 17.3 Å². The monoisotopic (exact) mass is 500 g/mol. The maximum atomic E-state index is 5.81. The number of benzene rings is 2. The maximum Gasteiger partial charge on any atom is 0.177 e. The van der Waals surface area contributed by atoms with E-state index in [4.69, 9.17) is 4.74 Å². The van der Waals surface area contributed by atoms with Crippen LogP contribution in [0.4, 0.5) is 0 Å². The number of ether oxygens (including phenoxy) is 1. The molecule has 0 saturated carbocycles. The number of nitrogens with one attached hydrogen (secondary N) is 1. The minimum absolute atomic E-state index is 0.00781. The summed E-state index contributed by atoms with van der Waals surface area (Å²) in [6.45, 7) is 18.3. The van der Waals surface area contributed by atoms with Crippen LogP contribution in [0, 0.1) is 5.41 Å². The highest BCUT2D eigenvalue weighted by Crippen LogP contribution is 2.39. The van der Waals surface area contributed by atoms with Crippen LogP contribution in [-0.4, -0.2) is 26.9 Å². The standard InChI is InChI=1S/C32H44N4O/c1-30(2,3)21-32(7,8)24-16-18-26(37-9)23(19-24)15-17-25(22-13-11-10-12-14-22)29-34-33-28-20-27(31(4,5)6)35-36(28)29/h10-14,16,18-20,25,35H,15,17,21H2,1-9H3. The molecule has 0 fully saturated rings.